The van der Waals surface area contributed by atoms with E-state index < -0.39 is 35.6 Å². The van der Waals surface area contributed by atoms with Crippen LogP contribution in [0.5, 0.6) is 0 Å². The summed E-state index contributed by atoms with van der Waals surface area (Å²) >= 11 is 0. The zero-order valence-electron chi connectivity index (χ0n) is 17.5. The summed E-state index contributed by atoms with van der Waals surface area (Å²) in [5.74, 6) is -2.32. The minimum absolute atomic E-state index is 0.0665. The lowest BCUT2D eigenvalue weighted by Crippen LogP contribution is -2.39. The highest BCUT2D eigenvalue weighted by Crippen LogP contribution is 2.28. The second-order valence-corrected chi connectivity index (χ2v) is 7.15. The first-order chi connectivity index (χ1) is 15.7. The number of anilines is 3. The van der Waals surface area contributed by atoms with Crippen molar-refractivity contribution >= 4 is 23.4 Å². The summed E-state index contributed by atoms with van der Waals surface area (Å²) in [7, 11) is 0. The molecule has 0 aliphatic carbocycles. The number of carboxylic acid groups (broad SMARTS) is 1. The highest BCUT2D eigenvalue weighted by molar-refractivity contribution is 5.66. The van der Waals surface area contributed by atoms with Gasteiger partial charge in [-0.3, -0.25) is 4.98 Å². The van der Waals surface area contributed by atoms with Gasteiger partial charge < -0.3 is 21.1 Å². The Morgan fingerprint density at radius 3 is 2.42 bits per heavy atom. The van der Waals surface area contributed by atoms with Crippen molar-refractivity contribution < 1.29 is 23.1 Å². The smallest absolute Gasteiger partial charge is 0.404 e. The van der Waals surface area contributed by atoms with Gasteiger partial charge in [-0.25, -0.2) is 22.9 Å². The molecule has 0 saturated carbocycles. The minimum atomic E-state index is -1.30. The maximum Gasteiger partial charge on any atom is 0.404 e. The second kappa shape index (κ2) is 9.86. The van der Waals surface area contributed by atoms with Gasteiger partial charge in [0.25, 0.3) is 0 Å². The second-order valence-electron chi connectivity index (χ2n) is 7.15. The minimum Gasteiger partial charge on any atom is -0.465 e. The van der Waals surface area contributed by atoms with Crippen molar-refractivity contribution in [3.05, 3.63) is 76.9 Å². The molecular formula is C22H19F3N6O2. The number of aromatic nitrogens is 2. The molecule has 0 unspecified atom stereocenters. The summed E-state index contributed by atoms with van der Waals surface area (Å²) < 4.78 is 42.0. The predicted octanol–water partition coefficient (Wildman–Crippen LogP) is 4.63. The topological polar surface area (TPSA) is 123 Å². The number of aryl methyl sites for hydroxylation is 1. The maximum atomic E-state index is 14.8. The quantitative estimate of drug-likeness (QED) is 0.409. The Morgan fingerprint density at radius 1 is 1.12 bits per heavy atom. The van der Waals surface area contributed by atoms with Gasteiger partial charge in [0, 0.05) is 6.07 Å². The number of amides is 1. The van der Waals surface area contributed by atoms with Gasteiger partial charge in [-0.05, 0) is 37.6 Å². The van der Waals surface area contributed by atoms with E-state index in [1.165, 1.54) is 44.3 Å². The first-order valence-electron chi connectivity index (χ1n) is 9.69. The van der Waals surface area contributed by atoms with Crippen molar-refractivity contribution in [3.63, 3.8) is 0 Å². The van der Waals surface area contributed by atoms with E-state index in [1.807, 2.05) is 6.07 Å². The number of hydrogen-bond donors (Lipinski definition) is 4. The molecule has 2 heterocycles. The molecule has 0 radical (unpaired) electrons. The van der Waals surface area contributed by atoms with Crippen LogP contribution in [0.3, 0.4) is 0 Å². The summed E-state index contributed by atoms with van der Waals surface area (Å²) in [6.45, 7) is 3.02. The third kappa shape index (κ3) is 5.68. The summed E-state index contributed by atoms with van der Waals surface area (Å²) in [6, 6.07) is 7.50. The Labute approximate surface area is 187 Å². The van der Waals surface area contributed by atoms with Gasteiger partial charge in [0.15, 0.2) is 17.5 Å². The van der Waals surface area contributed by atoms with Crippen LogP contribution in [0.1, 0.15) is 29.8 Å². The summed E-state index contributed by atoms with van der Waals surface area (Å²) in [6.07, 6.45) is 0.0265. The molecule has 0 saturated heterocycles. The van der Waals surface area contributed by atoms with Crippen molar-refractivity contribution in [2.75, 3.05) is 10.6 Å². The van der Waals surface area contributed by atoms with E-state index in [9.17, 15) is 23.2 Å². The van der Waals surface area contributed by atoms with E-state index in [0.29, 0.717) is 5.56 Å². The van der Waals surface area contributed by atoms with Crippen molar-refractivity contribution in [2.45, 2.75) is 25.9 Å². The first kappa shape index (κ1) is 23.3. The fourth-order valence-electron chi connectivity index (χ4n) is 3.07. The SMILES string of the molecule is Cc1ncc(Nc2nc(N[C@H](c3ccc(F)cc3)[C@H](C)NC(=O)O)c(F)cc2C#N)cc1F. The summed E-state index contributed by atoms with van der Waals surface area (Å²) in [5.41, 5.74) is 0.685. The fraction of sp³-hybridized carbons (Fsp3) is 0.182. The van der Waals surface area contributed by atoms with Crippen molar-refractivity contribution in [3.8, 4) is 6.07 Å². The molecule has 0 spiro atoms. The number of nitrogens with one attached hydrogen (secondary N) is 3. The van der Waals surface area contributed by atoms with E-state index in [0.717, 1.165) is 12.1 Å². The van der Waals surface area contributed by atoms with Gasteiger partial charge >= 0.3 is 6.09 Å². The van der Waals surface area contributed by atoms with Crippen LogP contribution in [0.2, 0.25) is 0 Å². The number of halogens is 3. The van der Waals surface area contributed by atoms with Crippen molar-refractivity contribution in [2.24, 2.45) is 0 Å². The van der Waals surface area contributed by atoms with Crippen molar-refractivity contribution in [1.82, 2.24) is 15.3 Å². The number of benzene rings is 1. The first-order valence-corrected chi connectivity index (χ1v) is 9.69. The molecular weight excluding hydrogens is 437 g/mol. The zero-order chi connectivity index (χ0) is 24.1. The van der Waals surface area contributed by atoms with Crippen LogP contribution in [0.4, 0.5) is 35.3 Å². The largest absolute Gasteiger partial charge is 0.465 e. The average Bonchev–Trinajstić information content (AvgIpc) is 2.76. The Morgan fingerprint density at radius 2 is 1.82 bits per heavy atom. The van der Waals surface area contributed by atoms with Crippen LogP contribution < -0.4 is 16.0 Å². The van der Waals surface area contributed by atoms with Crippen LogP contribution in [0.25, 0.3) is 0 Å². The normalized spacial score (nSPS) is 12.4. The molecule has 2 aromatic heterocycles. The van der Waals surface area contributed by atoms with E-state index >= 15 is 0 Å². The number of hydrogen-bond acceptors (Lipinski definition) is 6. The number of pyridine rings is 2. The van der Waals surface area contributed by atoms with Crippen LogP contribution in [-0.2, 0) is 0 Å². The summed E-state index contributed by atoms with van der Waals surface area (Å²) in [5, 5.41) is 26.3. The lowest BCUT2D eigenvalue weighted by Gasteiger charge is -2.26. The number of nitriles is 1. The van der Waals surface area contributed by atoms with E-state index in [1.54, 1.807) is 0 Å². The number of rotatable bonds is 7. The molecule has 11 heteroatoms. The van der Waals surface area contributed by atoms with Gasteiger partial charge in [-0.2, -0.15) is 5.26 Å². The summed E-state index contributed by atoms with van der Waals surface area (Å²) in [4.78, 5) is 19.1. The monoisotopic (exact) mass is 456 g/mol. The van der Waals surface area contributed by atoms with Crippen molar-refractivity contribution in [1.29, 1.82) is 5.26 Å². The fourth-order valence-corrected chi connectivity index (χ4v) is 3.07. The standard InChI is InChI=1S/C22H19F3N6O2/c1-11-17(24)8-16(10-27-11)29-20-14(9-26)7-18(25)21(31-20)30-19(12(2)28-22(32)33)13-3-5-15(23)6-4-13/h3-8,10,12,19,28H,1-2H3,(H,32,33)(H2,29,30,31)/t12-,19-/m0/s1. The van der Waals surface area contributed by atoms with Crippen LogP contribution in [0.15, 0.2) is 42.6 Å². The molecule has 1 aromatic carbocycles. The molecule has 33 heavy (non-hydrogen) atoms. The third-order valence-electron chi connectivity index (χ3n) is 4.76. The van der Waals surface area contributed by atoms with E-state index in [4.69, 9.17) is 5.11 Å². The highest BCUT2D eigenvalue weighted by atomic mass is 19.1. The molecule has 170 valence electrons. The molecule has 3 rings (SSSR count). The Balaban J connectivity index is 1.99. The lowest BCUT2D eigenvalue weighted by molar-refractivity contribution is 0.189. The van der Waals surface area contributed by atoms with Crippen LogP contribution in [0, 0.1) is 35.7 Å². The predicted molar refractivity (Wildman–Crippen MR) is 115 cm³/mol. The lowest BCUT2D eigenvalue weighted by atomic mass is 10.00. The van der Waals surface area contributed by atoms with Gasteiger partial charge in [-0.15, -0.1) is 0 Å². The zero-order valence-corrected chi connectivity index (χ0v) is 17.5. The molecule has 3 aromatic rings. The highest BCUT2D eigenvalue weighted by Gasteiger charge is 2.24. The molecule has 0 bridgehead atoms. The van der Waals surface area contributed by atoms with E-state index in [-0.39, 0.29) is 28.6 Å². The molecule has 0 aliphatic rings. The van der Waals surface area contributed by atoms with Gasteiger partial charge in [0.05, 0.1) is 35.2 Å². The molecule has 8 nitrogen and oxygen atoms in total. The Bertz CT molecular complexity index is 1210. The van der Waals surface area contributed by atoms with Crippen LogP contribution in [-0.4, -0.2) is 27.2 Å². The van der Waals surface area contributed by atoms with Crippen LogP contribution >= 0.6 is 0 Å². The number of carbonyl (C=O) groups is 1. The maximum absolute atomic E-state index is 14.8. The Kier molecular flexibility index (Phi) is 6.97. The van der Waals surface area contributed by atoms with Gasteiger partial charge in [0.1, 0.15) is 17.7 Å². The van der Waals surface area contributed by atoms with Gasteiger partial charge in [-0.1, -0.05) is 12.1 Å². The third-order valence-corrected chi connectivity index (χ3v) is 4.76. The molecule has 2 atom stereocenters. The average molecular weight is 456 g/mol. The molecule has 0 aliphatic heterocycles. The molecule has 1 amide bonds. The van der Waals surface area contributed by atoms with E-state index in [2.05, 4.69) is 25.9 Å². The van der Waals surface area contributed by atoms with Gasteiger partial charge in [0.2, 0.25) is 0 Å². The molecule has 4 N–H and O–H groups in total. The number of nitrogens with zero attached hydrogens (tertiary/aromatic N) is 3. The Hall–Kier alpha value is -4.33. The molecule has 0 fully saturated rings.